The van der Waals surface area contributed by atoms with Crippen LogP contribution in [0.2, 0.25) is 0 Å². The van der Waals surface area contributed by atoms with Crippen LogP contribution in [0.5, 0.6) is 0 Å². The first-order valence-corrected chi connectivity index (χ1v) is 8.79. The van der Waals surface area contributed by atoms with E-state index in [2.05, 4.69) is 33.0 Å². The first-order chi connectivity index (χ1) is 10.0. The number of hydrogen-bond donors (Lipinski definition) is 1. The van der Waals surface area contributed by atoms with E-state index in [-0.39, 0.29) is 11.6 Å². The molecule has 2 atom stereocenters. The van der Waals surface area contributed by atoms with Gasteiger partial charge in [0.25, 0.3) is 0 Å². The quantitative estimate of drug-likeness (QED) is 0.827. The van der Waals surface area contributed by atoms with Crippen LogP contribution in [0.4, 0.5) is 4.79 Å². The van der Waals surface area contributed by atoms with Gasteiger partial charge in [-0.1, -0.05) is 13.3 Å². The second-order valence-corrected chi connectivity index (χ2v) is 8.40. The van der Waals surface area contributed by atoms with Gasteiger partial charge in [0.05, 0.1) is 0 Å². The van der Waals surface area contributed by atoms with Crippen molar-refractivity contribution in [2.45, 2.75) is 91.3 Å². The van der Waals surface area contributed by atoms with Gasteiger partial charge in [-0.15, -0.1) is 0 Å². The summed E-state index contributed by atoms with van der Waals surface area (Å²) in [6.45, 7) is 16.4. The molecule has 2 unspecified atom stereocenters. The lowest BCUT2D eigenvalue weighted by Crippen LogP contribution is -2.52. The maximum atomic E-state index is 12.3. The van der Waals surface area contributed by atoms with Crippen molar-refractivity contribution in [2.24, 2.45) is 5.92 Å². The highest BCUT2D eigenvalue weighted by atomic mass is 16.6. The van der Waals surface area contributed by atoms with E-state index >= 15 is 0 Å². The lowest BCUT2D eigenvalue weighted by Gasteiger charge is -2.39. The molecule has 1 heterocycles. The molecule has 130 valence electrons. The van der Waals surface area contributed by atoms with Crippen LogP contribution < -0.4 is 5.32 Å². The Balaban J connectivity index is 2.57. The van der Waals surface area contributed by atoms with Gasteiger partial charge in [-0.2, -0.15) is 0 Å². The van der Waals surface area contributed by atoms with Crippen LogP contribution in [0.1, 0.15) is 74.1 Å². The Bertz CT molecular complexity index is 361. The minimum atomic E-state index is -0.420. The minimum absolute atomic E-state index is 0.155. The summed E-state index contributed by atoms with van der Waals surface area (Å²) in [5.41, 5.74) is -0.265. The molecule has 1 rings (SSSR count). The van der Waals surface area contributed by atoms with Gasteiger partial charge in [0.15, 0.2) is 0 Å². The zero-order chi connectivity index (χ0) is 17.0. The number of ether oxygens (including phenoxy) is 1. The topological polar surface area (TPSA) is 41.6 Å². The molecule has 0 aliphatic carbocycles. The van der Waals surface area contributed by atoms with Gasteiger partial charge in [0, 0.05) is 24.7 Å². The van der Waals surface area contributed by atoms with Crippen LogP contribution in [0.3, 0.4) is 0 Å². The Morgan fingerprint density at radius 2 is 1.95 bits per heavy atom. The van der Waals surface area contributed by atoms with Crippen LogP contribution in [0.15, 0.2) is 0 Å². The largest absolute Gasteiger partial charge is 0.444 e. The fourth-order valence-corrected chi connectivity index (χ4v) is 3.34. The van der Waals surface area contributed by atoms with Gasteiger partial charge < -0.3 is 15.0 Å². The monoisotopic (exact) mass is 312 g/mol. The average molecular weight is 312 g/mol. The smallest absolute Gasteiger partial charge is 0.410 e. The first kappa shape index (κ1) is 19.3. The van der Waals surface area contributed by atoms with Crippen LogP contribution >= 0.6 is 0 Å². The molecule has 1 aliphatic heterocycles. The van der Waals surface area contributed by atoms with E-state index in [1.807, 2.05) is 25.7 Å². The number of nitrogens with one attached hydrogen (secondary N) is 1. The Morgan fingerprint density at radius 1 is 1.32 bits per heavy atom. The van der Waals surface area contributed by atoms with Gasteiger partial charge in [-0.25, -0.2) is 4.79 Å². The van der Waals surface area contributed by atoms with Crippen molar-refractivity contribution >= 4 is 6.09 Å². The minimum Gasteiger partial charge on any atom is -0.444 e. The summed E-state index contributed by atoms with van der Waals surface area (Å²) < 4.78 is 5.51. The van der Waals surface area contributed by atoms with E-state index in [0.29, 0.717) is 12.0 Å². The Morgan fingerprint density at radius 3 is 2.50 bits per heavy atom. The lowest BCUT2D eigenvalue weighted by atomic mass is 9.88. The summed E-state index contributed by atoms with van der Waals surface area (Å²) in [5.74, 6) is 0.498. The maximum Gasteiger partial charge on any atom is 0.410 e. The molecule has 22 heavy (non-hydrogen) atoms. The number of rotatable bonds is 5. The fraction of sp³-hybridized carbons (Fsp3) is 0.944. The molecule has 0 saturated carbocycles. The molecule has 1 N–H and O–H groups in total. The van der Waals surface area contributed by atoms with E-state index in [4.69, 9.17) is 4.74 Å². The highest BCUT2D eigenvalue weighted by Gasteiger charge is 2.31. The number of nitrogens with zero attached hydrogens (tertiary/aromatic N) is 1. The van der Waals surface area contributed by atoms with Gasteiger partial charge >= 0.3 is 6.09 Å². The summed E-state index contributed by atoms with van der Waals surface area (Å²) in [4.78, 5) is 14.1. The van der Waals surface area contributed by atoms with Crippen LogP contribution in [-0.4, -0.2) is 41.3 Å². The highest BCUT2D eigenvalue weighted by Crippen LogP contribution is 2.24. The number of piperidine rings is 1. The number of likely N-dealkylation sites (tertiary alicyclic amines) is 1. The number of hydrogen-bond acceptors (Lipinski definition) is 3. The number of carbonyl (C=O) groups excluding carboxylic acids is 1. The third-order valence-corrected chi connectivity index (χ3v) is 4.31. The van der Waals surface area contributed by atoms with Crippen LogP contribution in [0, 0.1) is 5.92 Å². The van der Waals surface area contributed by atoms with Crippen molar-refractivity contribution in [2.75, 3.05) is 13.1 Å². The summed E-state index contributed by atoms with van der Waals surface area (Å²) in [7, 11) is 0. The summed E-state index contributed by atoms with van der Waals surface area (Å²) in [6.07, 6.45) is 4.42. The molecular weight excluding hydrogens is 276 g/mol. The van der Waals surface area contributed by atoms with E-state index in [1.165, 1.54) is 19.3 Å². The third kappa shape index (κ3) is 6.55. The Kier molecular flexibility index (Phi) is 6.72. The second kappa shape index (κ2) is 7.67. The predicted molar refractivity (Wildman–Crippen MR) is 92.1 cm³/mol. The van der Waals surface area contributed by atoms with E-state index in [1.54, 1.807) is 0 Å². The fourth-order valence-electron chi connectivity index (χ4n) is 3.34. The van der Waals surface area contributed by atoms with Gasteiger partial charge in [0.1, 0.15) is 5.60 Å². The third-order valence-electron chi connectivity index (χ3n) is 4.31. The standard InChI is InChI=1S/C18H36N2O2/c1-8-11-18(6,7)19-14(2)15-10-9-12-20(13-15)16(21)22-17(3,4)5/h14-15,19H,8-13H2,1-7H3. The lowest BCUT2D eigenvalue weighted by molar-refractivity contribution is 0.0142. The zero-order valence-electron chi connectivity index (χ0n) is 15.7. The normalized spacial score (nSPS) is 21.6. The molecule has 0 aromatic heterocycles. The molecule has 0 aromatic rings. The number of carbonyl (C=O) groups is 1. The predicted octanol–water partition coefficient (Wildman–Crippen LogP) is 4.19. The molecular formula is C18H36N2O2. The van der Waals surface area contributed by atoms with Crippen molar-refractivity contribution < 1.29 is 9.53 Å². The Labute approximate surface area is 137 Å². The van der Waals surface area contributed by atoms with Crippen molar-refractivity contribution in [3.05, 3.63) is 0 Å². The Hall–Kier alpha value is -0.770. The van der Waals surface area contributed by atoms with Crippen molar-refractivity contribution in [1.82, 2.24) is 10.2 Å². The number of amides is 1. The zero-order valence-corrected chi connectivity index (χ0v) is 15.7. The van der Waals surface area contributed by atoms with Gasteiger partial charge in [-0.3, -0.25) is 0 Å². The molecule has 4 nitrogen and oxygen atoms in total. The molecule has 1 saturated heterocycles. The van der Waals surface area contributed by atoms with Crippen molar-refractivity contribution in [1.29, 1.82) is 0 Å². The molecule has 1 amide bonds. The van der Waals surface area contributed by atoms with Gasteiger partial charge in [-0.05, 0) is 66.7 Å². The first-order valence-electron chi connectivity index (χ1n) is 8.79. The highest BCUT2D eigenvalue weighted by molar-refractivity contribution is 5.68. The van der Waals surface area contributed by atoms with E-state index in [0.717, 1.165) is 19.5 Å². The molecule has 0 bridgehead atoms. The summed E-state index contributed by atoms with van der Waals surface area (Å²) in [5, 5.41) is 3.76. The van der Waals surface area contributed by atoms with Crippen LogP contribution in [-0.2, 0) is 4.74 Å². The average Bonchev–Trinajstić information content (AvgIpc) is 2.36. The molecule has 1 fully saturated rings. The van der Waals surface area contributed by atoms with E-state index < -0.39 is 5.60 Å². The molecule has 4 heteroatoms. The van der Waals surface area contributed by atoms with Crippen molar-refractivity contribution in [3.8, 4) is 0 Å². The molecule has 0 aromatic carbocycles. The van der Waals surface area contributed by atoms with E-state index in [9.17, 15) is 4.79 Å². The summed E-state index contributed by atoms with van der Waals surface area (Å²) in [6, 6.07) is 0.409. The SMILES string of the molecule is CCCC(C)(C)NC(C)C1CCCN(C(=O)OC(C)(C)C)C1. The molecule has 0 radical (unpaired) electrons. The second-order valence-electron chi connectivity index (χ2n) is 8.40. The van der Waals surface area contributed by atoms with Gasteiger partial charge in [0.2, 0.25) is 0 Å². The molecule has 1 aliphatic rings. The molecule has 0 spiro atoms. The maximum absolute atomic E-state index is 12.3. The van der Waals surface area contributed by atoms with Crippen LogP contribution in [0.25, 0.3) is 0 Å². The summed E-state index contributed by atoms with van der Waals surface area (Å²) >= 11 is 0. The van der Waals surface area contributed by atoms with Crippen molar-refractivity contribution in [3.63, 3.8) is 0 Å².